The van der Waals surface area contributed by atoms with Crippen LogP contribution in [0.25, 0.3) is 5.82 Å². The number of hydrogen-bond donors (Lipinski definition) is 0. The van der Waals surface area contributed by atoms with Crippen molar-refractivity contribution in [1.29, 1.82) is 0 Å². The predicted octanol–water partition coefficient (Wildman–Crippen LogP) is 2.00. The summed E-state index contributed by atoms with van der Waals surface area (Å²) >= 11 is 0. The Morgan fingerprint density at radius 3 is 2.50 bits per heavy atom. The molecule has 6 nitrogen and oxygen atoms in total. The van der Waals surface area contributed by atoms with Crippen LogP contribution in [-0.4, -0.2) is 31.0 Å². The summed E-state index contributed by atoms with van der Waals surface area (Å²) < 4.78 is 40.2. The molecular formula is C13H12F3N5O. The summed E-state index contributed by atoms with van der Waals surface area (Å²) in [6.07, 6.45) is -3.42. The molecular weight excluding hydrogens is 299 g/mol. The van der Waals surface area contributed by atoms with Crippen LogP contribution in [0.4, 0.5) is 13.2 Å². The molecule has 9 heteroatoms. The van der Waals surface area contributed by atoms with Crippen LogP contribution in [-0.2, 0) is 11.0 Å². The molecule has 0 spiro atoms. The van der Waals surface area contributed by atoms with Crippen LogP contribution in [0.2, 0.25) is 0 Å². The lowest BCUT2D eigenvalue weighted by Gasteiger charge is -2.10. The van der Waals surface area contributed by atoms with Gasteiger partial charge in [-0.3, -0.25) is 0 Å². The van der Waals surface area contributed by atoms with Crippen molar-refractivity contribution < 1.29 is 18.0 Å². The Kier molecular flexibility index (Phi) is 3.22. The molecule has 0 radical (unpaired) electrons. The van der Waals surface area contributed by atoms with Gasteiger partial charge < -0.3 is 4.79 Å². The van der Waals surface area contributed by atoms with E-state index in [4.69, 9.17) is 0 Å². The maximum Gasteiger partial charge on any atom is 0.451 e. The van der Waals surface area contributed by atoms with Crippen molar-refractivity contribution in [3.8, 4) is 5.82 Å². The van der Waals surface area contributed by atoms with Crippen molar-refractivity contribution in [3.63, 3.8) is 0 Å². The van der Waals surface area contributed by atoms with Crippen molar-refractivity contribution in [2.75, 3.05) is 0 Å². The lowest BCUT2D eigenvalue weighted by atomic mass is 10.2. The van der Waals surface area contributed by atoms with Crippen LogP contribution in [0.1, 0.15) is 35.5 Å². The minimum absolute atomic E-state index is 0.00646. The van der Waals surface area contributed by atoms with Gasteiger partial charge in [0.1, 0.15) is 17.9 Å². The molecule has 116 valence electrons. The first-order valence-corrected chi connectivity index (χ1v) is 6.61. The Morgan fingerprint density at radius 1 is 1.27 bits per heavy atom. The maximum atomic E-state index is 13.0. The fraction of sp³-hybridized carbons (Fsp3) is 0.462. The van der Waals surface area contributed by atoms with Crippen LogP contribution in [0.5, 0.6) is 0 Å². The Balaban J connectivity index is 2.11. The van der Waals surface area contributed by atoms with Gasteiger partial charge in [0.15, 0.2) is 5.82 Å². The molecule has 0 aromatic carbocycles. The van der Waals surface area contributed by atoms with Crippen LogP contribution in [0, 0.1) is 19.8 Å². The van der Waals surface area contributed by atoms with E-state index in [-0.39, 0.29) is 23.3 Å². The number of alkyl halides is 3. The molecule has 0 N–H and O–H groups in total. The van der Waals surface area contributed by atoms with E-state index in [1.165, 1.54) is 10.7 Å². The van der Waals surface area contributed by atoms with Gasteiger partial charge in [0.2, 0.25) is 5.82 Å². The van der Waals surface area contributed by atoms with Gasteiger partial charge in [-0.2, -0.15) is 17.9 Å². The molecule has 0 amide bonds. The number of aromatic nitrogens is 5. The third-order valence-corrected chi connectivity index (χ3v) is 3.47. The number of halogens is 3. The highest BCUT2D eigenvalue weighted by Crippen LogP contribution is 2.45. The van der Waals surface area contributed by atoms with E-state index in [0.29, 0.717) is 18.1 Å². The predicted molar refractivity (Wildman–Crippen MR) is 68.3 cm³/mol. The van der Waals surface area contributed by atoms with Gasteiger partial charge in [0, 0.05) is 17.9 Å². The van der Waals surface area contributed by atoms with Gasteiger partial charge in [-0.1, -0.05) is 0 Å². The number of carbonyl (C=O) groups is 1. The number of carbonyl (C=O) groups excluding carboxylic acids is 1. The van der Waals surface area contributed by atoms with Crippen molar-refractivity contribution in [2.24, 2.45) is 5.92 Å². The van der Waals surface area contributed by atoms with E-state index < -0.39 is 12.0 Å². The summed E-state index contributed by atoms with van der Waals surface area (Å²) in [5.74, 6) is -0.926. The van der Waals surface area contributed by atoms with E-state index in [1.54, 1.807) is 13.8 Å². The van der Waals surface area contributed by atoms with Crippen molar-refractivity contribution in [3.05, 3.63) is 29.2 Å². The molecule has 2 heterocycles. The monoisotopic (exact) mass is 311 g/mol. The summed E-state index contributed by atoms with van der Waals surface area (Å²) in [4.78, 5) is 21.9. The number of aldehydes is 1. The zero-order valence-electron chi connectivity index (χ0n) is 11.8. The highest BCUT2D eigenvalue weighted by atomic mass is 19.4. The zero-order valence-corrected chi connectivity index (χ0v) is 11.8. The van der Waals surface area contributed by atoms with E-state index >= 15 is 0 Å². The van der Waals surface area contributed by atoms with Gasteiger partial charge in [0.25, 0.3) is 0 Å². The van der Waals surface area contributed by atoms with Crippen LogP contribution in [0.15, 0.2) is 6.07 Å². The SMILES string of the molecule is Cc1nc(C)n(-c2cc([C@@H]3C[C@H]3C=O)nc(C(F)(F)F)n2)n1. The summed E-state index contributed by atoms with van der Waals surface area (Å²) in [6, 6.07) is 1.44. The third-order valence-electron chi connectivity index (χ3n) is 3.47. The Labute approximate surface area is 123 Å². The fourth-order valence-corrected chi connectivity index (χ4v) is 2.32. The minimum atomic E-state index is -4.67. The van der Waals surface area contributed by atoms with Crippen LogP contribution < -0.4 is 0 Å². The van der Waals surface area contributed by atoms with Gasteiger partial charge >= 0.3 is 6.18 Å². The molecule has 22 heavy (non-hydrogen) atoms. The summed E-state index contributed by atoms with van der Waals surface area (Å²) in [5, 5.41) is 4.04. The second kappa shape index (κ2) is 4.85. The first-order chi connectivity index (χ1) is 10.3. The number of aryl methyl sites for hydroxylation is 2. The zero-order chi connectivity index (χ0) is 16.1. The average molecular weight is 311 g/mol. The summed E-state index contributed by atoms with van der Waals surface area (Å²) in [7, 11) is 0. The number of rotatable bonds is 3. The maximum absolute atomic E-state index is 13.0. The molecule has 1 aliphatic rings. The summed E-state index contributed by atoms with van der Waals surface area (Å²) in [6.45, 7) is 3.26. The van der Waals surface area contributed by atoms with Gasteiger partial charge in [-0.05, 0) is 20.3 Å². The molecule has 3 rings (SSSR count). The van der Waals surface area contributed by atoms with E-state index in [2.05, 4.69) is 20.1 Å². The second-order valence-electron chi connectivity index (χ2n) is 5.23. The van der Waals surface area contributed by atoms with Crippen LogP contribution in [0.3, 0.4) is 0 Å². The molecule has 0 bridgehead atoms. The third kappa shape index (κ3) is 2.58. The molecule has 0 saturated heterocycles. The lowest BCUT2D eigenvalue weighted by Crippen LogP contribution is -2.16. The Morgan fingerprint density at radius 2 is 2.00 bits per heavy atom. The van der Waals surface area contributed by atoms with Gasteiger partial charge in [0.05, 0.1) is 5.69 Å². The largest absolute Gasteiger partial charge is 0.451 e. The fourth-order valence-electron chi connectivity index (χ4n) is 2.32. The molecule has 1 saturated carbocycles. The Hall–Kier alpha value is -2.32. The molecule has 0 unspecified atom stereocenters. The molecule has 2 aromatic rings. The minimum Gasteiger partial charge on any atom is -0.303 e. The van der Waals surface area contributed by atoms with E-state index in [1.807, 2.05) is 0 Å². The van der Waals surface area contributed by atoms with E-state index in [9.17, 15) is 18.0 Å². The molecule has 0 aliphatic heterocycles. The molecule has 2 aromatic heterocycles. The molecule has 1 fully saturated rings. The lowest BCUT2D eigenvalue weighted by molar-refractivity contribution is -0.145. The highest BCUT2D eigenvalue weighted by molar-refractivity contribution is 5.61. The van der Waals surface area contributed by atoms with Crippen molar-refractivity contribution in [2.45, 2.75) is 32.4 Å². The molecule has 2 atom stereocenters. The first-order valence-electron chi connectivity index (χ1n) is 6.61. The Bertz CT molecular complexity index is 740. The average Bonchev–Trinajstić information content (AvgIpc) is 3.15. The quantitative estimate of drug-likeness (QED) is 0.811. The first kappa shape index (κ1) is 14.6. The molecule has 1 aliphatic carbocycles. The van der Waals surface area contributed by atoms with E-state index in [0.717, 1.165) is 6.29 Å². The summed E-state index contributed by atoms with van der Waals surface area (Å²) in [5.41, 5.74) is 0.210. The van der Waals surface area contributed by atoms with Crippen LogP contribution >= 0.6 is 0 Å². The smallest absolute Gasteiger partial charge is 0.303 e. The van der Waals surface area contributed by atoms with Gasteiger partial charge in [-0.25, -0.2) is 15.0 Å². The number of hydrogen-bond acceptors (Lipinski definition) is 5. The van der Waals surface area contributed by atoms with Gasteiger partial charge in [-0.15, -0.1) is 5.10 Å². The highest BCUT2D eigenvalue weighted by Gasteiger charge is 2.42. The topological polar surface area (TPSA) is 73.6 Å². The normalized spacial score (nSPS) is 21.0. The van der Waals surface area contributed by atoms with Crippen molar-refractivity contribution in [1.82, 2.24) is 24.7 Å². The number of nitrogens with zero attached hydrogens (tertiary/aromatic N) is 5. The van der Waals surface area contributed by atoms with Crippen molar-refractivity contribution >= 4 is 6.29 Å². The second-order valence-corrected chi connectivity index (χ2v) is 5.23. The standard InChI is InChI=1S/C13H12F3N5O/c1-6-17-7(2)21(20-6)11-4-10(9-3-8(9)5-22)18-12(19-11)13(14,15)16/h4-5,8-9H,3H2,1-2H3/t8-,9+/m0/s1.